The molecular weight excluding hydrogens is 388 g/mol. The number of methoxy groups -OCH3 is 1. The van der Waals surface area contributed by atoms with Crippen LogP contribution in [-0.4, -0.2) is 21.6 Å². The molecule has 0 amide bonds. The number of aryl methyl sites for hydroxylation is 1. The van der Waals surface area contributed by atoms with Gasteiger partial charge in [0.2, 0.25) is 0 Å². The number of halogens is 1. The molecule has 7 heteroatoms. The highest BCUT2D eigenvalue weighted by Gasteiger charge is 2.17. The van der Waals surface area contributed by atoms with E-state index in [1.165, 1.54) is 5.56 Å². The molecule has 122 valence electrons. The molecule has 0 aliphatic carbocycles. The van der Waals surface area contributed by atoms with E-state index in [-0.39, 0.29) is 0 Å². The van der Waals surface area contributed by atoms with Crippen molar-refractivity contribution in [2.75, 3.05) is 12.8 Å². The minimum atomic E-state index is 0.472. The summed E-state index contributed by atoms with van der Waals surface area (Å²) in [7, 11) is 1.67. The van der Waals surface area contributed by atoms with Gasteiger partial charge in [0, 0.05) is 6.54 Å². The molecule has 3 aromatic heterocycles. The SMILES string of the molecule is COc1ccc(Cn2c(C)nc3c(N)nc4cc(Br)sc4c32)cc1. The number of imidazole rings is 1. The first-order chi connectivity index (χ1) is 11.6. The summed E-state index contributed by atoms with van der Waals surface area (Å²) in [5.41, 5.74) is 10.0. The second-order valence-electron chi connectivity index (χ2n) is 5.55. The van der Waals surface area contributed by atoms with Crippen LogP contribution < -0.4 is 10.5 Å². The summed E-state index contributed by atoms with van der Waals surface area (Å²) in [6.45, 7) is 2.72. The number of ether oxygens (including phenoxy) is 1. The Morgan fingerprint density at radius 3 is 2.71 bits per heavy atom. The molecule has 0 aliphatic rings. The normalized spacial score (nSPS) is 11.5. The van der Waals surface area contributed by atoms with Gasteiger partial charge < -0.3 is 15.0 Å². The van der Waals surface area contributed by atoms with Crippen LogP contribution in [0.1, 0.15) is 11.4 Å². The standard InChI is InChI=1S/C17H15BrN4OS/c1-9-20-14-15(16-12(21-17(14)19)7-13(18)24-16)22(9)8-10-3-5-11(23-2)6-4-10/h3-7H,8H2,1-2H3,(H2,19,21). The molecule has 1 aromatic carbocycles. The molecule has 0 fully saturated rings. The molecule has 0 radical (unpaired) electrons. The van der Waals surface area contributed by atoms with Crippen LogP contribution in [0.3, 0.4) is 0 Å². The van der Waals surface area contributed by atoms with Crippen molar-refractivity contribution in [1.29, 1.82) is 0 Å². The van der Waals surface area contributed by atoms with E-state index < -0.39 is 0 Å². The summed E-state index contributed by atoms with van der Waals surface area (Å²) in [4.78, 5) is 9.12. The lowest BCUT2D eigenvalue weighted by Crippen LogP contribution is -2.02. The van der Waals surface area contributed by atoms with Gasteiger partial charge >= 0.3 is 0 Å². The lowest BCUT2D eigenvalue weighted by atomic mass is 10.2. The largest absolute Gasteiger partial charge is 0.497 e. The fourth-order valence-corrected chi connectivity index (χ4v) is 4.45. The Labute approximate surface area is 151 Å². The molecule has 24 heavy (non-hydrogen) atoms. The molecule has 0 aliphatic heterocycles. The van der Waals surface area contributed by atoms with Gasteiger partial charge in [0.1, 0.15) is 17.1 Å². The Hall–Kier alpha value is -2.12. The van der Waals surface area contributed by atoms with Gasteiger partial charge in [-0.1, -0.05) is 12.1 Å². The Morgan fingerprint density at radius 2 is 2.00 bits per heavy atom. The van der Waals surface area contributed by atoms with Crippen LogP contribution in [-0.2, 0) is 6.54 Å². The zero-order valence-corrected chi connectivity index (χ0v) is 15.6. The van der Waals surface area contributed by atoms with Crippen molar-refractivity contribution in [3.63, 3.8) is 0 Å². The van der Waals surface area contributed by atoms with Gasteiger partial charge in [-0.25, -0.2) is 9.97 Å². The molecule has 5 nitrogen and oxygen atoms in total. The van der Waals surface area contributed by atoms with Crippen LogP contribution in [0.2, 0.25) is 0 Å². The molecule has 4 aromatic rings. The van der Waals surface area contributed by atoms with Crippen LogP contribution in [0, 0.1) is 6.92 Å². The highest BCUT2D eigenvalue weighted by molar-refractivity contribution is 9.11. The van der Waals surface area contributed by atoms with Gasteiger partial charge in [0.15, 0.2) is 5.82 Å². The highest BCUT2D eigenvalue weighted by atomic mass is 79.9. The monoisotopic (exact) mass is 402 g/mol. The van der Waals surface area contributed by atoms with Gasteiger partial charge in [-0.2, -0.15) is 0 Å². The number of anilines is 1. The Morgan fingerprint density at radius 1 is 1.25 bits per heavy atom. The van der Waals surface area contributed by atoms with Crippen molar-refractivity contribution in [2.45, 2.75) is 13.5 Å². The number of fused-ring (bicyclic) bond motifs is 3. The first-order valence-electron chi connectivity index (χ1n) is 7.41. The van der Waals surface area contributed by atoms with Crippen LogP contribution in [0.15, 0.2) is 34.1 Å². The number of hydrogen-bond acceptors (Lipinski definition) is 5. The lowest BCUT2D eigenvalue weighted by molar-refractivity contribution is 0.414. The van der Waals surface area contributed by atoms with Gasteiger partial charge in [-0.05, 0) is 46.6 Å². The van der Waals surface area contributed by atoms with Gasteiger partial charge in [-0.3, -0.25) is 0 Å². The van der Waals surface area contributed by atoms with Crippen LogP contribution >= 0.6 is 27.3 Å². The zero-order chi connectivity index (χ0) is 16.8. The van der Waals surface area contributed by atoms with E-state index in [4.69, 9.17) is 10.5 Å². The summed E-state index contributed by atoms with van der Waals surface area (Å²) in [6, 6.07) is 10.1. The van der Waals surface area contributed by atoms with E-state index in [0.717, 1.165) is 43.2 Å². The number of pyridine rings is 1. The minimum Gasteiger partial charge on any atom is -0.497 e. The fourth-order valence-electron chi connectivity index (χ4n) is 2.87. The van der Waals surface area contributed by atoms with E-state index in [1.54, 1.807) is 18.4 Å². The summed E-state index contributed by atoms with van der Waals surface area (Å²) in [6.07, 6.45) is 0. The molecule has 0 saturated heterocycles. The molecule has 0 atom stereocenters. The van der Waals surface area contributed by atoms with Crippen LogP contribution in [0.5, 0.6) is 5.75 Å². The molecule has 4 rings (SSSR count). The van der Waals surface area contributed by atoms with E-state index in [9.17, 15) is 0 Å². The number of nitrogen functional groups attached to an aromatic ring is 1. The summed E-state index contributed by atoms with van der Waals surface area (Å²) in [5, 5.41) is 0. The molecule has 2 N–H and O–H groups in total. The summed E-state index contributed by atoms with van der Waals surface area (Å²) < 4.78 is 9.55. The van der Waals surface area contributed by atoms with Gasteiger partial charge in [-0.15, -0.1) is 11.3 Å². The smallest absolute Gasteiger partial charge is 0.152 e. The first-order valence-corrected chi connectivity index (χ1v) is 9.02. The Bertz CT molecular complexity index is 1050. The maximum absolute atomic E-state index is 6.13. The Balaban J connectivity index is 1.91. The molecule has 0 spiro atoms. The summed E-state index contributed by atoms with van der Waals surface area (Å²) in [5.74, 6) is 2.25. The van der Waals surface area contributed by atoms with Crippen molar-refractivity contribution in [2.24, 2.45) is 0 Å². The third-order valence-electron chi connectivity index (χ3n) is 4.04. The molecule has 3 heterocycles. The van der Waals surface area contributed by atoms with Gasteiger partial charge in [0.05, 0.1) is 26.6 Å². The third kappa shape index (κ3) is 2.44. The number of rotatable bonds is 3. The van der Waals surface area contributed by atoms with E-state index in [1.807, 2.05) is 25.1 Å². The number of aromatic nitrogens is 3. The third-order valence-corrected chi connectivity index (χ3v) is 5.67. The number of benzene rings is 1. The first kappa shape index (κ1) is 15.4. The van der Waals surface area contributed by atoms with Crippen LogP contribution in [0.4, 0.5) is 5.82 Å². The highest BCUT2D eigenvalue weighted by Crippen LogP contribution is 2.36. The summed E-state index contributed by atoms with van der Waals surface area (Å²) >= 11 is 5.20. The van der Waals surface area contributed by atoms with E-state index in [0.29, 0.717) is 5.82 Å². The van der Waals surface area contributed by atoms with Crippen molar-refractivity contribution in [1.82, 2.24) is 14.5 Å². The topological polar surface area (TPSA) is 66.0 Å². The molecule has 0 unspecified atom stereocenters. The molecule has 0 saturated carbocycles. The van der Waals surface area contributed by atoms with Crippen molar-refractivity contribution >= 4 is 54.3 Å². The number of thiophene rings is 1. The molecule has 0 bridgehead atoms. The average molecular weight is 403 g/mol. The second-order valence-corrected chi connectivity index (χ2v) is 7.98. The van der Waals surface area contributed by atoms with Crippen molar-refractivity contribution < 1.29 is 4.74 Å². The fraction of sp³-hybridized carbons (Fsp3) is 0.176. The number of nitrogens with zero attached hydrogens (tertiary/aromatic N) is 3. The maximum atomic E-state index is 6.13. The Kier molecular flexibility index (Phi) is 3.69. The zero-order valence-electron chi connectivity index (χ0n) is 13.2. The lowest BCUT2D eigenvalue weighted by Gasteiger charge is -2.09. The predicted molar refractivity (Wildman–Crippen MR) is 102 cm³/mol. The minimum absolute atomic E-state index is 0.472. The average Bonchev–Trinajstić information content (AvgIpc) is 3.09. The van der Waals surface area contributed by atoms with E-state index in [2.05, 4.69) is 42.6 Å². The number of hydrogen-bond donors (Lipinski definition) is 1. The molecular formula is C17H15BrN4OS. The van der Waals surface area contributed by atoms with Crippen LogP contribution in [0.25, 0.3) is 21.3 Å². The quantitative estimate of drug-likeness (QED) is 0.552. The van der Waals surface area contributed by atoms with E-state index >= 15 is 0 Å². The second kappa shape index (κ2) is 5.75. The van der Waals surface area contributed by atoms with Crippen molar-refractivity contribution in [3.8, 4) is 5.75 Å². The maximum Gasteiger partial charge on any atom is 0.152 e. The number of nitrogens with two attached hydrogens (primary N) is 1. The predicted octanol–water partition coefficient (Wildman–Crippen LogP) is 4.36. The van der Waals surface area contributed by atoms with Crippen molar-refractivity contribution in [3.05, 3.63) is 45.5 Å². The van der Waals surface area contributed by atoms with Gasteiger partial charge in [0.25, 0.3) is 0 Å².